The maximum Gasteiger partial charge on any atom is 0.172 e. The Morgan fingerprint density at radius 2 is 1.12 bits per heavy atom. The van der Waals surface area contributed by atoms with Gasteiger partial charge in [-0.05, 0) is 36.1 Å². The standard InChI is InChI=1S/C26H34N4O2/c1-17(2)23-15-29(19-9-7-11-21(13-19)31-5)25(27-23)26-28-24(18(3)4)16-30(26)20-10-8-12-22(14-20)32-6/h7-14,17-18,23-24H,15-16H2,1-6H3/t23-,24-/m1/s1. The minimum absolute atomic E-state index is 0.212. The normalized spacial score (nSPS) is 20.8. The van der Waals surface area contributed by atoms with E-state index in [1.807, 2.05) is 24.3 Å². The van der Waals surface area contributed by atoms with Crippen LogP contribution < -0.4 is 19.3 Å². The summed E-state index contributed by atoms with van der Waals surface area (Å²) < 4.78 is 11.0. The van der Waals surface area contributed by atoms with Crippen LogP contribution in [0, 0.1) is 11.8 Å². The fourth-order valence-corrected chi connectivity index (χ4v) is 4.17. The number of amidine groups is 2. The molecule has 0 unspecified atom stereocenters. The highest BCUT2D eigenvalue weighted by Crippen LogP contribution is 2.32. The Hall–Kier alpha value is -3.02. The summed E-state index contributed by atoms with van der Waals surface area (Å²) in [4.78, 5) is 15.0. The topological polar surface area (TPSA) is 49.7 Å². The van der Waals surface area contributed by atoms with Gasteiger partial charge in [-0.3, -0.25) is 9.98 Å². The molecular weight excluding hydrogens is 400 g/mol. The molecule has 2 aliphatic rings. The van der Waals surface area contributed by atoms with Crippen LogP contribution in [-0.4, -0.2) is 51.1 Å². The van der Waals surface area contributed by atoms with E-state index in [0.717, 1.165) is 47.6 Å². The zero-order valence-electron chi connectivity index (χ0n) is 19.9. The molecule has 2 aromatic carbocycles. The third-order valence-electron chi connectivity index (χ3n) is 6.30. The maximum atomic E-state index is 5.49. The van der Waals surface area contributed by atoms with Crippen LogP contribution in [0.2, 0.25) is 0 Å². The lowest BCUT2D eigenvalue weighted by Crippen LogP contribution is -2.42. The van der Waals surface area contributed by atoms with Crippen molar-refractivity contribution >= 4 is 23.0 Å². The second-order valence-electron chi connectivity index (χ2n) is 9.15. The lowest BCUT2D eigenvalue weighted by Gasteiger charge is -2.27. The number of anilines is 2. The van der Waals surface area contributed by atoms with Gasteiger partial charge in [0.25, 0.3) is 0 Å². The smallest absolute Gasteiger partial charge is 0.172 e. The molecule has 2 atom stereocenters. The summed E-state index contributed by atoms with van der Waals surface area (Å²) in [5.41, 5.74) is 2.15. The molecule has 2 heterocycles. The molecule has 0 fully saturated rings. The molecule has 0 bridgehead atoms. The number of aliphatic imine (C=N–C) groups is 2. The molecule has 0 aromatic heterocycles. The largest absolute Gasteiger partial charge is 0.497 e. The molecule has 32 heavy (non-hydrogen) atoms. The monoisotopic (exact) mass is 434 g/mol. The van der Waals surface area contributed by atoms with Gasteiger partial charge in [-0.2, -0.15) is 0 Å². The molecule has 4 rings (SSSR count). The first kappa shape index (κ1) is 22.2. The second-order valence-corrected chi connectivity index (χ2v) is 9.15. The number of hydrogen-bond acceptors (Lipinski definition) is 6. The van der Waals surface area contributed by atoms with Gasteiger partial charge >= 0.3 is 0 Å². The first-order valence-corrected chi connectivity index (χ1v) is 11.4. The molecule has 0 radical (unpaired) electrons. The first-order valence-electron chi connectivity index (χ1n) is 11.4. The van der Waals surface area contributed by atoms with E-state index in [2.05, 4.69) is 61.8 Å². The number of nitrogens with zero attached hydrogens (tertiary/aromatic N) is 4. The van der Waals surface area contributed by atoms with E-state index in [4.69, 9.17) is 19.5 Å². The molecular formula is C26H34N4O2. The van der Waals surface area contributed by atoms with Crippen molar-refractivity contribution in [3.63, 3.8) is 0 Å². The zero-order chi connectivity index (χ0) is 22.8. The van der Waals surface area contributed by atoms with Gasteiger partial charge in [-0.1, -0.05) is 39.8 Å². The van der Waals surface area contributed by atoms with Crippen molar-refractivity contribution in [2.24, 2.45) is 21.8 Å². The van der Waals surface area contributed by atoms with Crippen molar-refractivity contribution in [2.45, 2.75) is 39.8 Å². The van der Waals surface area contributed by atoms with E-state index in [9.17, 15) is 0 Å². The minimum atomic E-state index is 0.212. The molecule has 0 saturated carbocycles. The van der Waals surface area contributed by atoms with Crippen LogP contribution in [0.15, 0.2) is 58.5 Å². The third-order valence-corrected chi connectivity index (χ3v) is 6.30. The Labute approximate surface area is 191 Å². The Bertz CT molecular complexity index is 933. The van der Waals surface area contributed by atoms with Gasteiger partial charge in [-0.15, -0.1) is 0 Å². The van der Waals surface area contributed by atoms with Crippen LogP contribution >= 0.6 is 0 Å². The van der Waals surface area contributed by atoms with Crippen LogP contribution in [0.3, 0.4) is 0 Å². The van der Waals surface area contributed by atoms with E-state index in [0.29, 0.717) is 11.8 Å². The van der Waals surface area contributed by atoms with E-state index in [1.54, 1.807) is 14.2 Å². The van der Waals surface area contributed by atoms with Crippen molar-refractivity contribution < 1.29 is 9.47 Å². The van der Waals surface area contributed by atoms with Gasteiger partial charge < -0.3 is 19.3 Å². The van der Waals surface area contributed by atoms with Crippen molar-refractivity contribution in [2.75, 3.05) is 37.1 Å². The van der Waals surface area contributed by atoms with Crippen LogP contribution in [0.4, 0.5) is 11.4 Å². The molecule has 6 heteroatoms. The third kappa shape index (κ3) is 4.31. The summed E-state index contributed by atoms with van der Waals surface area (Å²) in [5, 5.41) is 0. The Morgan fingerprint density at radius 3 is 1.47 bits per heavy atom. The van der Waals surface area contributed by atoms with E-state index in [-0.39, 0.29) is 12.1 Å². The highest BCUT2D eigenvalue weighted by atomic mass is 16.5. The fourth-order valence-electron chi connectivity index (χ4n) is 4.17. The summed E-state index contributed by atoms with van der Waals surface area (Å²) in [6.07, 6.45) is 0. The van der Waals surface area contributed by atoms with Crippen LogP contribution in [0.1, 0.15) is 27.7 Å². The average molecular weight is 435 g/mol. The van der Waals surface area contributed by atoms with Gasteiger partial charge in [0, 0.05) is 36.6 Å². The molecule has 0 spiro atoms. The van der Waals surface area contributed by atoms with E-state index < -0.39 is 0 Å². The van der Waals surface area contributed by atoms with Crippen LogP contribution in [0.25, 0.3) is 0 Å². The highest BCUT2D eigenvalue weighted by Gasteiger charge is 2.38. The predicted octanol–water partition coefficient (Wildman–Crippen LogP) is 4.89. The second kappa shape index (κ2) is 9.23. The van der Waals surface area contributed by atoms with Crippen molar-refractivity contribution in [3.8, 4) is 11.5 Å². The van der Waals surface area contributed by atoms with E-state index >= 15 is 0 Å². The molecule has 0 amide bonds. The molecule has 0 N–H and O–H groups in total. The number of hydrogen-bond donors (Lipinski definition) is 0. The van der Waals surface area contributed by atoms with Gasteiger partial charge in [0.05, 0.1) is 26.3 Å². The maximum absolute atomic E-state index is 5.49. The van der Waals surface area contributed by atoms with Crippen molar-refractivity contribution in [1.82, 2.24) is 0 Å². The van der Waals surface area contributed by atoms with Gasteiger partial charge in [0.1, 0.15) is 11.5 Å². The number of ether oxygens (including phenoxy) is 2. The summed E-state index contributed by atoms with van der Waals surface area (Å²) in [7, 11) is 3.40. The van der Waals surface area contributed by atoms with Gasteiger partial charge in [0.2, 0.25) is 0 Å². The Morgan fingerprint density at radius 1 is 0.719 bits per heavy atom. The number of benzene rings is 2. The molecule has 2 aliphatic heterocycles. The van der Waals surface area contributed by atoms with Crippen molar-refractivity contribution in [1.29, 1.82) is 0 Å². The summed E-state index contributed by atoms with van der Waals surface area (Å²) in [5.74, 6) is 4.43. The summed E-state index contributed by atoms with van der Waals surface area (Å²) >= 11 is 0. The molecule has 6 nitrogen and oxygen atoms in total. The van der Waals surface area contributed by atoms with Crippen LogP contribution in [-0.2, 0) is 0 Å². The van der Waals surface area contributed by atoms with Crippen molar-refractivity contribution in [3.05, 3.63) is 48.5 Å². The molecule has 0 saturated heterocycles. The average Bonchev–Trinajstić information content (AvgIpc) is 3.44. The van der Waals surface area contributed by atoms with Gasteiger partial charge in [-0.25, -0.2) is 0 Å². The fraction of sp³-hybridized carbons (Fsp3) is 0.462. The summed E-state index contributed by atoms with van der Waals surface area (Å²) in [6, 6.07) is 16.8. The zero-order valence-corrected chi connectivity index (χ0v) is 19.9. The summed E-state index contributed by atoms with van der Waals surface area (Å²) in [6.45, 7) is 10.6. The number of methoxy groups -OCH3 is 2. The first-order chi connectivity index (χ1) is 15.4. The number of rotatable bonds is 7. The lowest BCUT2D eigenvalue weighted by atomic mass is 10.1. The van der Waals surface area contributed by atoms with Gasteiger partial charge in [0.15, 0.2) is 11.7 Å². The molecule has 2 aromatic rings. The van der Waals surface area contributed by atoms with Crippen LogP contribution in [0.5, 0.6) is 11.5 Å². The predicted molar refractivity (Wildman–Crippen MR) is 133 cm³/mol. The Balaban J connectivity index is 1.78. The molecule has 170 valence electrons. The quantitative estimate of drug-likeness (QED) is 0.623. The molecule has 0 aliphatic carbocycles. The van der Waals surface area contributed by atoms with E-state index in [1.165, 1.54) is 0 Å². The highest BCUT2D eigenvalue weighted by molar-refractivity contribution is 6.50. The minimum Gasteiger partial charge on any atom is -0.497 e. The Kier molecular flexibility index (Phi) is 6.40. The lowest BCUT2D eigenvalue weighted by molar-refractivity contribution is 0.414. The SMILES string of the molecule is COc1cccc(N2C[C@H](C(C)C)N=C2C2=N[C@@H](C(C)C)CN2c2cccc(OC)c2)c1.